The van der Waals surface area contributed by atoms with Crippen molar-refractivity contribution in [2.75, 3.05) is 65.4 Å². The van der Waals surface area contributed by atoms with Gasteiger partial charge in [-0.15, -0.1) is 0 Å². The van der Waals surface area contributed by atoms with E-state index >= 15 is 0 Å². The van der Waals surface area contributed by atoms with Crippen molar-refractivity contribution >= 4 is 0 Å². The summed E-state index contributed by atoms with van der Waals surface area (Å²) in [5.74, 6) is 0. The second kappa shape index (κ2) is 29.7. The smallest absolute Gasteiger partial charge is 0.125 e. The van der Waals surface area contributed by atoms with Crippen molar-refractivity contribution in [1.29, 1.82) is 0 Å². The van der Waals surface area contributed by atoms with Gasteiger partial charge in [-0.05, 0) is 6.07 Å². The van der Waals surface area contributed by atoms with Gasteiger partial charge in [-0.2, -0.15) is 0 Å². The molecule has 0 atom stereocenters. The molecule has 1 aromatic carbocycles. The quantitative estimate of drug-likeness (QED) is 0.184. The summed E-state index contributed by atoms with van der Waals surface area (Å²) in [5, 5.41) is 14.7. The molecule has 12 N–H and O–H groups in total. The van der Waals surface area contributed by atoms with Gasteiger partial charge in [0.25, 0.3) is 0 Å². The Morgan fingerprint density at radius 3 is 0.967 bits per heavy atom. The van der Waals surface area contributed by atoms with E-state index in [-0.39, 0.29) is 74.4 Å². The van der Waals surface area contributed by atoms with Crippen LogP contribution < -0.4 is 106 Å². The molecule has 0 radical (unpaired) electrons. The lowest BCUT2D eigenvalue weighted by atomic mass is 10.1. The third-order valence-corrected chi connectivity index (χ3v) is 4.63. The van der Waals surface area contributed by atoms with E-state index in [0.29, 0.717) is 0 Å². The first-order valence-electron chi connectivity index (χ1n) is 9.93. The molecule has 0 saturated carbocycles. The largest absolute Gasteiger partial charge is 1.00 e. The summed E-state index contributed by atoms with van der Waals surface area (Å²) in [6.45, 7) is 14.6. The van der Waals surface area contributed by atoms with Crippen LogP contribution in [0, 0.1) is 0 Å². The average Bonchev–Trinajstić information content (AvgIpc) is 2.60. The lowest BCUT2D eigenvalue weighted by Gasteiger charge is -2.05. The first-order chi connectivity index (χ1) is 11.9. The van der Waals surface area contributed by atoms with Crippen LogP contribution in [0.25, 0.3) is 0 Å². The number of hydrogen-bond donors (Lipinski definition) is 6. The Labute approximate surface area is 219 Å². The fourth-order valence-electron chi connectivity index (χ4n) is 3.18. The Kier molecular flexibility index (Phi) is 40.6. The topological polar surface area (TPSA) is 99.7 Å². The van der Waals surface area contributed by atoms with Gasteiger partial charge in [-0.1, -0.05) is 18.2 Å². The number of hydrogen-bond acceptors (Lipinski definition) is 0. The molecule has 30 heavy (non-hydrogen) atoms. The average molecular weight is 553 g/mol. The van der Waals surface area contributed by atoms with E-state index in [2.05, 4.69) is 56.2 Å². The van der Waals surface area contributed by atoms with Gasteiger partial charge in [-0.3, -0.25) is 0 Å². The zero-order chi connectivity index (χ0) is 16.7. The SMILES string of the molecule is [Cl-].[Cl-].[Cl-].[Cl-].[Cl-].[Cl-].c1cc2cc(c1)C[NH2+]CC[NH2+]CC[NH2+]CC[NH2+]CC[NH2+]CC[NH2+]C2. The molecule has 0 aromatic heterocycles. The van der Waals surface area contributed by atoms with Crippen molar-refractivity contribution in [3.8, 4) is 0 Å². The molecule has 12 heteroatoms. The van der Waals surface area contributed by atoms with Crippen LogP contribution in [-0.4, -0.2) is 65.4 Å². The summed E-state index contributed by atoms with van der Waals surface area (Å²) < 4.78 is 0. The molecule has 1 aliphatic heterocycles. The maximum atomic E-state index is 2.46. The van der Waals surface area contributed by atoms with Crippen LogP contribution in [0.1, 0.15) is 11.1 Å². The molecular weight excluding hydrogens is 513 g/mol. The lowest BCUT2D eigenvalue weighted by molar-refractivity contribution is -0.776. The van der Waals surface area contributed by atoms with E-state index in [0.717, 1.165) is 13.1 Å². The van der Waals surface area contributed by atoms with Gasteiger partial charge in [0.15, 0.2) is 0 Å². The fraction of sp³-hybridized carbons (Fsp3) is 0.667. The van der Waals surface area contributed by atoms with E-state index in [1.54, 1.807) is 0 Å². The van der Waals surface area contributed by atoms with Crippen LogP contribution >= 0.6 is 0 Å². The van der Waals surface area contributed by atoms with Gasteiger partial charge in [-0.25, -0.2) is 0 Å². The molecule has 0 unspecified atom stereocenters. The number of quaternary nitrogens is 6. The van der Waals surface area contributed by atoms with E-state index in [4.69, 9.17) is 0 Å². The third kappa shape index (κ3) is 21.9. The van der Waals surface area contributed by atoms with Gasteiger partial charge >= 0.3 is 0 Å². The molecule has 0 saturated heterocycles. The van der Waals surface area contributed by atoms with E-state index in [1.165, 1.54) is 76.6 Å². The standard InChI is InChI=1S/C18H34N6.6ClH/c1-2-17-14-18(3-1)16-24-13-11-22-9-7-20-5-4-19-6-8-21-10-12-23-15-17;;;;;;/h1-3,14,19-24H,4-13,15-16H2;6*1H. The minimum Gasteiger partial charge on any atom is -1.00 e. The minimum atomic E-state index is 0. The highest BCUT2D eigenvalue weighted by Gasteiger charge is 2.03. The summed E-state index contributed by atoms with van der Waals surface area (Å²) in [6.07, 6.45) is 0. The highest BCUT2D eigenvalue weighted by Crippen LogP contribution is 2.02. The predicted octanol–water partition coefficient (Wildman–Crippen LogP) is -24.9. The predicted molar refractivity (Wildman–Crippen MR) is 94.1 cm³/mol. The Bertz CT molecular complexity index is 412. The molecule has 0 aliphatic carbocycles. The van der Waals surface area contributed by atoms with Crippen molar-refractivity contribution in [2.24, 2.45) is 0 Å². The van der Waals surface area contributed by atoms with Crippen molar-refractivity contribution in [2.45, 2.75) is 13.1 Å². The molecule has 2 bridgehead atoms. The highest BCUT2D eigenvalue weighted by atomic mass is 35.5. The maximum Gasteiger partial charge on any atom is 0.125 e. The normalized spacial score (nSPS) is 16.7. The van der Waals surface area contributed by atoms with Crippen LogP contribution in [0.5, 0.6) is 0 Å². The molecule has 1 aliphatic rings. The molecular formula is C18H40Cl6N6. The van der Waals surface area contributed by atoms with E-state index in [1.807, 2.05) is 0 Å². The Morgan fingerprint density at radius 2 is 0.667 bits per heavy atom. The molecule has 0 spiro atoms. The molecule has 184 valence electrons. The van der Waals surface area contributed by atoms with Crippen LogP contribution in [0.3, 0.4) is 0 Å². The summed E-state index contributed by atoms with van der Waals surface area (Å²) >= 11 is 0. The number of rotatable bonds is 0. The van der Waals surface area contributed by atoms with Gasteiger partial charge in [0.1, 0.15) is 78.5 Å². The Balaban J connectivity index is -0.000000347. The van der Waals surface area contributed by atoms with Gasteiger partial charge < -0.3 is 106 Å². The summed E-state index contributed by atoms with van der Waals surface area (Å²) in [7, 11) is 0. The molecule has 6 nitrogen and oxygen atoms in total. The zero-order valence-corrected chi connectivity index (χ0v) is 22.1. The second-order valence-electron chi connectivity index (χ2n) is 6.85. The van der Waals surface area contributed by atoms with Crippen LogP contribution in [0.2, 0.25) is 0 Å². The third-order valence-electron chi connectivity index (χ3n) is 4.63. The number of benzene rings is 1. The number of nitrogens with two attached hydrogens (primary N) is 6. The minimum absolute atomic E-state index is 0. The number of fused-ring (bicyclic) bond motifs is 2. The van der Waals surface area contributed by atoms with Crippen molar-refractivity contribution in [3.63, 3.8) is 0 Å². The highest BCUT2D eigenvalue weighted by molar-refractivity contribution is 5.21. The molecule has 1 aromatic rings. The first kappa shape index (κ1) is 41.0. The second-order valence-corrected chi connectivity index (χ2v) is 6.85. The van der Waals surface area contributed by atoms with E-state index in [9.17, 15) is 0 Å². The van der Waals surface area contributed by atoms with Crippen LogP contribution in [0.15, 0.2) is 24.3 Å². The summed E-state index contributed by atoms with van der Waals surface area (Å²) in [5.41, 5.74) is 2.92. The lowest BCUT2D eigenvalue weighted by Crippen LogP contribution is -3.02. The van der Waals surface area contributed by atoms with Crippen molar-refractivity contribution < 1.29 is 106 Å². The van der Waals surface area contributed by atoms with Crippen molar-refractivity contribution in [1.82, 2.24) is 0 Å². The first-order valence-corrected chi connectivity index (χ1v) is 9.93. The molecule has 2 rings (SSSR count). The Hall–Kier alpha value is 0.720. The van der Waals surface area contributed by atoms with Gasteiger partial charge in [0, 0.05) is 11.1 Å². The molecule has 0 amide bonds. The van der Waals surface area contributed by atoms with Gasteiger partial charge in [0.2, 0.25) is 0 Å². The number of halogens is 6. The summed E-state index contributed by atoms with van der Waals surface area (Å²) in [6, 6.07) is 9.12. The van der Waals surface area contributed by atoms with Crippen LogP contribution in [-0.2, 0) is 13.1 Å². The van der Waals surface area contributed by atoms with Crippen LogP contribution in [0.4, 0.5) is 0 Å². The van der Waals surface area contributed by atoms with Gasteiger partial charge in [0.05, 0.1) is 0 Å². The zero-order valence-electron chi connectivity index (χ0n) is 17.5. The molecule has 0 fully saturated rings. The molecule has 1 heterocycles. The van der Waals surface area contributed by atoms with E-state index < -0.39 is 0 Å². The summed E-state index contributed by atoms with van der Waals surface area (Å²) in [4.78, 5) is 0. The Morgan fingerprint density at radius 1 is 0.400 bits per heavy atom. The monoisotopic (exact) mass is 550 g/mol. The maximum absolute atomic E-state index is 2.46. The fourth-order valence-corrected chi connectivity index (χ4v) is 3.18. The van der Waals surface area contributed by atoms with Crippen molar-refractivity contribution in [3.05, 3.63) is 35.4 Å².